The van der Waals surface area contributed by atoms with Crippen molar-refractivity contribution in [3.05, 3.63) is 39.5 Å². The zero-order valence-electron chi connectivity index (χ0n) is 9.74. The summed E-state index contributed by atoms with van der Waals surface area (Å²) < 4.78 is 0. The van der Waals surface area contributed by atoms with Crippen LogP contribution in [0.5, 0.6) is 0 Å². The van der Waals surface area contributed by atoms with Gasteiger partial charge in [0.2, 0.25) is 0 Å². The maximum atomic E-state index is 4.35. The zero-order valence-corrected chi connectivity index (χ0v) is 10.6. The molecule has 0 aliphatic carbocycles. The molecule has 4 heteroatoms. The van der Waals surface area contributed by atoms with Gasteiger partial charge in [0.15, 0.2) is 0 Å². The highest BCUT2D eigenvalue weighted by Gasteiger charge is 2.01. The van der Waals surface area contributed by atoms with Crippen LogP contribution in [-0.2, 0) is 6.54 Å². The molecular formula is C12H15N3S. The number of hydrogen-bond donors (Lipinski definition) is 1. The van der Waals surface area contributed by atoms with Gasteiger partial charge < -0.3 is 5.32 Å². The van der Waals surface area contributed by atoms with Crippen molar-refractivity contribution in [3.8, 4) is 0 Å². The van der Waals surface area contributed by atoms with Crippen molar-refractivity contribution < 1.29 is 0 Å². The van der Waals surface area contributed by atoms with Crippen LogP contribution in [0.3, 0.4) is 0 Å². The van der Waals surface area contributed by atoms with Crippen molar-refractivity contribution >= 4 is 17.2 Å². The predicted octanol–water partition coefficient (Wildman–Crippen LogP) is 3.08. The number of nitrogens with zero attached hydrogens (tertiary/aromatic N) is 2. The summed E-state index contributed by atoms with van der Waals surface area (Å²) >= 11 is 1.77. The maximum Gasteiger partial charge on any atom is 0.130 e. The van der Waals surface area contributed by atoms with Gasteiger partial charge in [-0.25, -0.2) is 9.97 Å². The maximum absolute atomic E-state index is 4.35. The Morgan fingerprint density at radius 2 is 2.06 bits per heavy atom. The van der Waals surface area contributed by atoms with Gasteiger partial charge in [0.1, 0.15) is 11.6 Å². The van der Waals surface area contributed by atoms with Gasteiger partial charge in [-0.15, -0.1) is 11.3 Å². The van der Waals surface area contributed by atoms with Crippen LogP contribution in [0.15, 0.2) is 17.5 Å². The fraction of sp³-hybridized carbons (Fsp3) is 0.333. The highest BCUT2D eigenvalue weighted by atomic mass is 32.1. The summed E-state index contributed by atoms with van der Waals surface area (Å²) in [5.74, 6) is 1.71. The molecule has 16 heavy (non-hydrogen) atoms. The van der Waals surface area contributed by atoms with Crippen molar-refractivity contribution in [3.63, 3.8) is 0 Å². The summed E-state index contributed by atoms with van der Waals surface area (Å²) in [7, 11) is 0. The van der Waals surface area contributed by atoms with E-state index in [-0.39, 0.29) is 0 Å². The average molecular weight is 233 g/mol. The monoisotopic (exact) mass is 233 g/mol. The molecule has 2 aromatic rings. The number of rotatable bonds is 3. The summed E-state index contributed by atoms with van der Waals surface area (Å²) in [6.45, 7) is 6.86. The quantitative estimate of drug-likeness (QED) is 0.885. The molecule has 2 aromatic heterocycles. The molecule has 0 saturated carbocycles. The van der Waals surface area contributed by atoms with Crippen molar-refractivity contribution in [2.24, 2.45) is 0 Å². The van der Waals surface area contributed by atoms with Gasteiger partial charge in [0.05, 0.1) is 6.54 Å². The molecule has 0 spiro atoms. The number of anilines is 1. The van der Waals surface area contributed by atoms with Crippen LogP contribution in [-0.4, -0.2) is 9.97 Å². The minimum atomic E-state index is 0.811. The number of thiophene rings is 1. The Labute approximate surface area is 99.6 Å². The van der Waals surface area contributed by atoms with Crippen LogP contribution in [0, 0.1) is 20.8 Å². The number of aryl methyl sites for hydroxylation is 3. The largest absolute Gasteiger partial charge is 0.365 e. The first-order valence-electron chi connectivity index (χ1n) is 5.24. The first kappa shape index (κ1) is 11.1. The molecular weight excluding hydrogens is 218 g/mol. The van der Waals surface area contributed by atoms with Crippen LogP contribution < -0.4 is 5.32 Å². The number of hydrogen-bond acceptors (Lipinski definition) is 4. The van der Waals surface area contributed by atoms with Gasteiger partial charge in [-0.2, -0.15) is 0 Å². The average Bonchev–Trinajstić information content (AvgIpc) is 2.59. The summed E-state index contributed by atoms with van der Waals surface area (Å²) in [6, 6.07) is 4.11. The highest BCUT2D eigenvalue weighted by molar-refractivity contribution is 7.10. The van der Waals surface area contributed by atoms with Crippen molar-refractivity contribution in [1.82, 2.24) is 9.97 Å². The third kappa shape index (κ3) is 2.58. The first-order valence-corrected chi connectivity index (χ1v) is 6.12. The molecule has 0 aliphatic heterocycles. The van der Waals surface area contributed by atoms with E-state index in [0.717, 1.165) is 23.9 Å². The Bertz CT molecular complexity index is 471. The van der Waals surface area contributed by atoms with Gasteiger partial charge in [0.25, 0.3) is 0 Å². The lowest BCUT2D eigenvalue weighted by molar-refractivity contribution is 0.994. The molecule has 2 rings (SSSR count). The smallest absolute Gasteiger partial charge is 0.130 e. The van der Waals surface area contributed by atoms with E-state index in [1.807, 2.05) is 19.9 Å². The number of nitrogens with one attached hydrogen (secondary N) is 1. The molecule has 0 fully saturated rings. The zero-order chi connectivity index (χ0) is 11.5. The standard InChI is InChI=1S/C12H15N3S/c1-8-4-5-16-11(8)7-13-12-6-9(2)14-10(3)15-12/h4-6H,7H2,1-3H3,(H,13,14,15). The van der Waals surface area contributed by atoms with E-state index in [1.165, 1.54) is 10.4 Å². The molecule has 2 heterocycles. The van der Waals surface area contributed by atoms with Crippen LogP contribution in [0.25, 0.3) is 0 Å². The first-order chi connectivity index (χ1) is 7.65. The fourth-order valence-electron chi connectivity index (χ4n) is 1.56. The van der Waals surface area contributed by atoms with E-state index in [0.29, 0.717) is 0 Å². The molecule has 0 aliphatic rings. The second-order valence-corrected chi connectivity index (χ2v) is 4.82. The normalized spacial score (nSPS) is 10.4. The number of aromatic nitrogens is 2. The van der Waals surface area contributed by atoms with Gasteiger partial charge in [-0.1, -0.05) is 0 Å². The molecule has 0 atom stereocenters. The van der Waals surface area contributed by atoms with Gasteiger partial charge >= 0.3 is 0 Å². The minimum Gasteiger partial charge on any atom is -0.365 e. The topological polar surface area (TPSA) is 37.8 Å². The molecule has 0 bridgehead atoms. The molecule has 1 N–H and O–H groups in total. The summed E-state index contributed by atoms with van der Waals surface area (Å²) in [5, 5.41) is 5.44. The van der Waals surface area contributed by atoms with Gasteiger partial charge in [0, 0.05) is 16.6 Å². The fourth-order valence-corrected chi connectivity index (χ4v) is 2.41. The Balaban J connectivity index is 2.07. The molecule has 0 saturated heterocycles. The Kier molecular flexibility index (Phi) is 3.19. The van der Waals surface area contributed by atoms with Gasteiger partial charge in [-0.05, 0) is 37.8 Å². The summed E-state index contributed by atoms with van der Waals surface area (Å²) in [4.78, 5) is 9.95. The molecule has 3 nitrogen and oxygen atoms in total. The Hall–Kier alpha value is -1.42. The van der Waals surface area contributed by atoms with Gasteiger partial charge in [-0.3, -0.25) is 0 Å². The van der Waals surface area contributed by atoms with E-state index in [9.17, 15) is 0 Å². The third-order valence-corrected chi connectivity index (χ3v) is 3.39. The Morgan fingerprint density at radius 3 is 2.69 bits per heavy atom. The summed E-state index contributed by atoms with van der Waals surface area (Å²) in [5.41, 5.74) is 2.33. The van der Waals surface area contributed by atoms with Crippen LogP contribution in [0.4, 0.5) is 5.82 Å². The van der Waals surface area contributed by atoms with E-state index in [2.05, 4.69) is 33.7 Å². The van der Waals surface area contributed by atoms with Crippen molar-refractivity contribution in [1.29, 1.82) is 0 Å². The van der Waals surface area contributed by atoms with Crippen LogP contribution in [0.2, 0.25) is 0 Å². The third-order valence-electron chi connectivity index (χ3n) is 2.36. The van der Waals surface area contributed by atoms with E-state index in [4.69, 9.17) is 0 Å². The van der Waals surface area contributed by atoms with Crippen molar-refractivity contribution in [2.75, 3.05) is 5.32 Å². The second kappa shape index (κ2) is 4.61. The minimum absolute atomic E-state index is 0.811. The SMILES string of the molecule is Cc1cc(NCc2sccc2C)nc(C)n1. The van der Waals surface area contributed by atoms with Crippen molar-refractivity contribution in [2.45, 2.75) is 27.3 Å². The Morgan fingerprint density at radius 1 is 1.25 bits per heavy atom. The lowest BCUT2D eigenvalue weighted by Gasteiger charge is -2.06. The van der Waals surface area contributed by atoms with E-state index < -0.39 is 0 Å². The predicted molar refractivity (Wildman–Crippen MR) is 67.9 cm³/mol. The molecule has 0 amide bonds. The van der Waals surface area contributed by atoms with Crippen LogP contribution >= 0.6 is 11.3 Å². The molecule has 0 aromatic carbocycles. The highest BCUT2D eigenvalue weighted by Crippen LogP contribution is 2.17. The lowest BCUT2D eigenvalue weighted by Crippen LogP contribution is -2.03. The lowest BCUT2D eigenvalue weighted by atomic mass is 10.3. The van der Waals surface area contributed by atoms with E-state index >= 15 is 0 Å². The summed E-state index contributed by atoms with van der Waals surface area (Å²) in [6.07, 6.45) is 0. The van der Waals surface area contributed by atoms with E-state index in [1.54, 1.807) is 11.3 Å². The second-order valence-electron chi connectivity index (χ2n) is 3.82. The molecule has 0 radical (unpaired) electrons. The van der Waals surface area contributed by atoms with Crippen LogP contribution in [0.1, 0.15) is 22.0 Å². The molecule has 84 valence electrons. The molecule has 0 unspecified atom stereocenters.